The Hall–Kier alpha value is -2.27. The molecule has 25 heavy (non-hydrogen) atoms. The van der Waals surface area contributed by atoms with Gasteiger partial charge in [0.25, 0.3) is 0 Å². The van der Waals surface area contributed by atoms with Crippen molar-refractivity contribution in [1.82, 2.24) is 0 Å². The van der Waals surface area contributed by atoms with Crippen LogP contribution in [0.1, 0.15) is 35.1 Å². The lowest BCUT2D eigenvalue weighted by molar-refractivity contribution is 0.403. The number of benzene rings is 2. The van der Waals surface area contributed by atoms with Crippen LogP contribution in [0, 0.1) is 20.8 Å². The molecule has 0 aliphatic carbocycles. The maximum Gasteiger partial charge on any atom is 0.339 e. The summed E-state index contributed by atoms with van der Waals surface area (Å²) in [4.78, 5) is 0.121. The number of aryl methyl sites for hydroxylation is 1. The Labute approximate surface area is 150 Å². The van der Waals surface area contributed by atoms with Crippen molar-refractivity contribution in [2.75, 3.05) is 7.11 Å². The number of ether oxygens (including phenoxy) is 1. The van der Waals surface area contributed by atoms with E-state index in [0.29, 0.717) is 11.3 Å². The molecule has 0 fully saturated rings. The molecule has 0 amide bonds. The fourth-order valence-electron chi connectivity index (χ4n) is 2.75. The van der Waals surface area contributed by atoms with Crippen molar-refractivity contribution in [1.29, 1.82) is 0 Å². The molecule has 4 nitrogen and oxygen atoms in total. The third kappa shape index (κ3) is 3.87. The standard InChI is InChI=1S/C20H24O4S/c1-7-14(3)18-12-19(16(5)20(23-6)15(18)4)24-25(21,22)17-10-8-13(2)9-11-17/h7-12,14H,1H2,2-6H3. The van der Waals surface area contributed by atoms with Crippen LogP contribution in [0.5, 0.6) is 11.5 Å². The SMILES string of the molecule is C=CC(C)c1cc(OS(=O)(=O)c2ccc(C)cc2)c(C)c(OC)c1C. The lowest BCUT2D eigenvalue weighted by atomic mass is 9.93. The molecule has 2 aromatic rings. The molecule has 5 heteroatoms. The van der Waals surface area contributed by atoms with Crippen LogP contribution < -0.4 is 8.92 Å². The smallest absolute Gasteiger partial charge is 0.339 e. The molecule has 0 heterocycles. The number of hydrogen-bond acceptors (Lipinski definition) is 4. The first-order valence-electron chi connectivity index (χ1n) is 8.03. The highest BCUT2D eigenvalue weighted by Gasteiger charge is 2.22. The highest BCUT2D eigenvalue weighted by atomic mass is 32.2. The van der Waals surface area contributed by atoms with Crippen molar-refractivity contribution >= 4 is 10.1 Å². The van der Waals surface area contributed by atoms with Gasteiger partial charge in [0.2, 0.25) is 0 Å². The molecular weight excluding hydrogens is 336 g/mol. The van der Waals surface area contributed by atoms with Crippen LogP contribution in [-0.2, 0) is 10.1 Å². The molecule has 0 saturated carbocycles. The van der Waals surface area contributed by atoms with Gasteiger partial charge in [0.15, 0.2) is 0 Å². The summed E-state index contributed by atoms with van der Waals surface area (Å²) in [6, 6.07) is 8.32. The van der Waals surface area contributed by atoms with E-state index in [9.17, 15) is 8.42 Å². The quantitative estimate of drug-likeness (QED) is 0.554. The molecule has 134 valence electrons. The second-order valence-corrected chi connectivity index (χ2v) is 7.67. The monoisotopic (exact) mass is 360 g/mol. The van der Waals surface area contributed by atoms with Crippen molar-refractivity contribution in [2.24, 2.45) is 0 Å². The second kappa shape index (κ2) is 7.31. The molecule has 0 aliphatic heterocycles. The van der Waals surface area contributed by atoms with E-state index in [4.69, 9.17) is 8.92 Å². The Morgan fingerprint density at radius 3 is 2.20 bits per heavy atom. The molecule has 0 bridgehead atoms. The van der Waals surface area contributed by atoms with Crippen LogP contribution in [0.2, 0.25) is 0 Å². The molecule has 2 rings (SSSR count). The number of allylic oxidation sites excluding steroid dienone is 1. The van der Waals surface area contributed by atoms with E-state index in [1.54, 1.807) is 50.4 Å². The minimum atomic E-state index is -3.92. The zero-order chi connectivity index (χ0) is 18.8. The summed E-state index contributed by atoms with van der Waals surface area (Å²) in [5.74, 6) is 0.936. The van der Waals surface area contributed by atoms with Crippen LogP contribution in [0.3, 0.4) is 0 Å². The summed E-state index contributed by atoms with van der Waals surface area (Å²) >= 11 is 0. The number of rotatable bonds is 6. The van der Waals surface area contributed by atoms with Gasteiger partial charge in [-0.15, -0.1) is 6.58 Å². The fraction of sp³-hybridized carbons (Fsp3) is 0.300. The highest BCUT2D eigenvalue weighted by molar-refractivity contribution is 7.87. The van der Waals surface area contributed by atoms with E-state index in [1.807, 2.05) is 20.8 Å². The highest BCUT2D eigenvalue weighted by Crippen LogP contribution is 2.38. The predicted molar refractivity (Wildman–Crippen MR) is 100 cm³/mol. The zero-order valence-corrected chi connectivity index (χ0v) is 16.1. The molecule has 0 aromatic heterocycles. The van der Waals surface area contributed by atoms with Crippen LogP contribution >= 0.6 is 0 Å². The fourth-order valence-corrected chi connectivity index (χ4v) is 3.72. The van der Waals surface area contributed by atoms with Gasteiger partial charge in [0, 0.05) is 5.56 Å². The topological polar surface area (TPSA) is 52.6 Å². The Morgan fingerprint density at radius 1 is 1.08 bits per heavy atom. The molecule has 0 spiro atoms. The molecule has 1 atom stereocenters. The van der Waals surface area contributed by atoms with E-state index >= 15 is 0 Å². The first-order valence-corrected chi connectivity index (χ1v) is 9.44. The lowest BCUT2D eigenvalue weighted by Crippen LogP contribution is -2.12. The Morgan fingerprint density at radius 2 is 1.68 bits per heavy atom. The Bertz CT molecular complexity index is 881. The normalized spacial score (nSPS) is 12.5. The van der Waals surface area contributed by atoms with Gasteiger partial charge < -0.3 is 8.92 Å². The second-order valence-electron chi connectivity index (χ2n) is 6.12. The summed E-state index contributed by atoms with van der Waals surface area (Å²) in [6.07, 6.45) is 1.80. The van der Waals surface area contributed by atoms with Gasteiger partial charge in [-0.2, -0.15) is 8.42 Å². The van der Waals surface area contributed by atoms with Crippen molar-refractivity contribution in [3.05, 3.63) is 65.2 Å². The summed E-state index contributed by atoms with van der Waals surface area (Å²) in [6.45, 7) is 11.4. The zero-order valence-electron chi connectivity index (χ0n) is 15.3. The van der Waals surface area contributed by atoms with Crippen LogP contribution in [-0.4, -0.2) is 15.5 Å². The van der Waals surface area contributed by atoms with Crippen LogP contribution in [0.25, 0.3) is 0 Å². The summed E-state index contributed by atoms with van der Waals surface area (Å²) < 4.78 is 36.2. The molecule has 0 saturated heterocycles. The lowest BCUT2D eigenvalue weighted by Gasteiger charge is -2.19. The van der Waals surface area contributed by atoms with Crippen molar-refractivity contribution in [3.63, 3.8) is 0 Å². The number of methoxy groups -OCH3 is 1. The van der Waals surface area contributed by atoms with Gasteiger partial charge in [-0.1, -0.05) is 30.7 Å². The Kier molecular flexibility index (Phi) is 5.58. The van der Waals surface area contributed by atoms with E-state index in [1.165, 1.54) is 0 Å². The minimum absolute atomic E-state index is 0.0407. The first-order chi connectivity index (χ1) is 11.7. The van der Waals surface area contributed by atoms with Gasteiger partial charge in [0.05, 0.1) is 7.11 Å². The third-order valence-corrected chi connectivity index (χ3v) is 5.58. The maximum atomic E-state index is 12.6. The maximum absolute atomic E-state index is 12.6. The van der Waals surface area contributed by atoms with Gasteiger partial charge in [-0.25, -0.2) is 0 Å². The van der Waals surface area contributed by atoms with Crippen LogP contribution in [0.15, 0.2) is 47.9 Å². The molecule has 0 aliphatic rings. The minimum Gasteiger partial charge on any atom is -0.496 e. The molecule has 0 radical (unpaired) electrons. The van der Waals surface area contributed by atoms with Crippen LogP contribution in [0.4, 0.5) is 0 Å². The summed E-state index contributed by atoms with van der Waals surface area (Å²) in [5, 5.41) is 0. The van der Waals surface area contributed by atoms with Gasteiger partial charge in [-0.3, -0.25) is 0 Å². The van der Waals surface area contributed by atoms with E-state index in [0.717, 1.165) is 16.7 Å². The van der Waals surface area contributed by atoms with Crippen molar-refractivity contribution in [3.8, 4) is 11.5 Å². The van der Waals surface area contributed by atoms with Gasteiger partial charge in [0.1, 0.15) is 16.4 Å². The van der Waals surface area contributed by atoms with Crippen molar-refractivity contribution in [2.45, 2.75) is 38.5 Å². The third-order valence-electron chi connectivity index (χ3n) is 4.33. The largest absolute Gasteiger partial charge is 0.496 e. The van der Waals surface area contributed by atoms with Gasteiger partial charge in [-0.05, 0) is 56.0 Å². The average Bonchev–Trinajstić information content (AvgIpc) is 2.57. The van der Waals surface area contributed by atoms with E-state index in [2.05, 4.69) is 6.58 Å². The molecule has 2 aromatic carbocycles. The Balaban J connectivity index is 2.55. The summed E-state index contributed by atoms with van der Waals surface area (Å²) in [5.41, 5.74) is 3.50. The first kappa shape index (κ1) is 19.1. The summed E-state index contributed by atoms with van der Waals surface area (Å²) in [7, 11) is -2.36. The molecule has 1 unspecified atom stereocenters. The van der Waals surface area contributed by atoms with Crippen molar-refractivity contribution < 1.29 is 17.3 Å². The predicted octanol–water partition coefficient (Wildman–Crippen LogP) is 4.68. The van der Waals surface area contributed by atoms with E-state index in [-0.39, 0.29) is 16.6 Å². The van der Waals surface area contributed by atoms with Gasteiger partial charge >= 0.3 is 10.1 Å². The van der Waals surface area contributed by atoms with E-state index < -0.39 is 10.1 Å². The molecule has 0 N–H and O–H groups in total. The average molecular weight is 360 g/mol. The molecular formula is C20H24O4S. The number of hydrogen-bond donors (Lipinski definition) is 0.